The summed E-state index contributed by atoms with van der Waals surface area (Å²) in [4.78, 5) is 29.2. The molecule has 0 aliphatic heterocycles. The number of carbonyl (C=O) groups is 2. The van der Waals surface area contributed by atoms with Gasteiger partial charge in [0.2, 0.25) is 0 Å². The van der Waals surface area contributed by atoms with Crippen molar-refractivity contribution < 1.29 is 19.1 Å². The Morgan fingerprint density at radius 1 is 1.17 bits per heavy atom. The van der Waals surface area contributed by atoms with Crippen molar-refractivity contribution in [3.05, 3.63) is 70.5 Å². The Kier molecular flexibility index (Phi) is 7.10. The van der Waals surface area contributed by atoms with Gasteiger partial charge in [-0.1, -0.05) is 41.7 Å². The molecule has 29 heavy (non-hydrogen) atoms. The van der Waals surface area contributed by atoms with E-state index in [1.807, 2.05) is 41.0 Å². The third kappa shape index (κ3) is 5.28. The first-order valence-electron chi connectivity index (χ1n) is 9.23. The number of ether oxygens (including phenoxy) is 2. The Hall–Kier alpha value is -3.03. The van der Waals surface area contributed by atoms with Gasteiger partial charge in [-0.3, -0.25) is 4.79 Å². The molecule has 0 unspecified atom stereocenters. The highest BCUT2D eigenvalue weighted by Crippen LogP contribution is 2.20. The zero-order valence-corrected chi connectivity index (χ0v) is 17.1. The van der Waals surface area contributed by atoms with E-state index in [2.05, 4.69) is 4.99 Å². The molecule has 0 bridgehead atoms. The molecule has 1 heterocycles. The maximum absolute atomic E-state index is 12.4. The van der Waals surface area contributed by atoms with Gasteiger partial charge in [-0.25, -0.2) is 4.79 Å². The number of aromatic nitrogens is 1. The molecule has 6 nitrogen and oxygen atoms in total. The average molecular weight is 410 g/mol. The van der Waals surface area contributed by atoms with Crippen LogP contribution in [0.4, 0.5) is 0 Å². The Morgan fingerprint density at radius 2 is 1.97 bits per heavy atom. The molecule has 1 amide bonds. The van der Waals surface area contributed by atoms with Gasteiger partial charge < -0.3 is 14.0 Å². The number of rotatable bonds is 7. The van der Waals surface area contributed by atoms with Crippen molar-refractivity contribution in [2.45, 2.75) is 13.5 Å². The highest BCUT2D eigenvalue weighted by atomic mass is 32.1. The van der Waals surface area contributed by atoms with Crippen molar-refractivity contribution >= 4 is 39.5 Å². The number of thiazole rings is 1. The standard InChI is InChI=1S/C22H22N2O4S/c1-3-28-21(26)17-10-11-18-19(15-17)29-22(24(18)13-14-27-2)23-20(25)12-9-16-7-5-4-6-8-16/h4-12,15H,3,13-14H2,1-2H3. The number of amides is 1. The number of nitrogens with zero attached hydrogens (tertiary/aromatic N) is 2. The summed E-state index contributed by atoms with van der Waals surface area (Å²) in [6.07, 6.45) is 3.18. The number of benzene rings is 2. The topological polar surface area (TPSA) is 69.9 Å². The highest BCUT2D eigenvalue weighted by molar-refractivity contribution is 7.16. The van der Waals surface area contributed by atoms with E-state index in [1.165, 1.54) is 17.4 Å². The lowest BCUT2D eigenvalue weighted by molar-refractivity contribution is -0.113. The summed E-state index contributed by atoms with van der Waals surface area (Å²) in [7, 11) is 1.62. The first kappa shape index (κ1) is 20.7. The van der Waals surface area contributed by atoms with Crippen LogP contribution in [0.1, 0.15) is 22.8 Å². The van der Waals surface area contributed by atoms with E-state index in [4.69, 9.17) is 9.47 Å². The molecule has 0 saturated heterocycles. The molecule has 0 radical (unpaired) electrons. The second-order valence-electron chi connectivity index (χ2n) is 6.13. The number of methoxy groups -OCH3 is 1. The van der Waals surface area contributed by atoms with Crippen molar-refractivity contribution in [3.63, 3.8) is 0 Å². The summed E-state index contributed by atoms with van der Waals surface area (Å²) in [6.45, 7) is 3.11. The summed E-state index contributed by atoms with van der Waals surface area (Å²) in [5.74, 6) is -0.719. The Balaban J connectivity index is 1.98. The average Bonchev–Trinajstić information content (AvgIpc) is 3.07. The molecule has 3 aromatic rings. The van der Waals surface area contributed by atoms with Gasteiger partial charge in [-0.2, -0.15) is 4.99 Å². The van der Waals surface area contributed by atoms with Crippen LogP contribution in [0.15, 0.2) is 59.6 Å². The second kappa shape index (κ2) is 9.95. The number of esters is 1. The van der Waals surface area contributed by atoms with Crippen LogP contribution in [-0.2, 0) is 20.8 Å². The van der Waals surface area contributed by atoms with Crippen molar-refractivity contribution in [1.29, 1.82) is 0 Å². The Bertz CT molecular complexity index is 1100. The molecule has 0 aliphatic carbocycles. The van der Waals surface area contributed by atoms with E-state index in [-0.39, 0.29) is 11.9 Å². The molecule has 2 aromatic carbocycles. The third-order valence-electron chi connectivity index (χ3n) is 4.14. The van der Waals surface area contributed by atoms with Crippen LogP contribution in [0.25, 0.3) is 16.3 Å². The lowest BCUT2D eigenvalue weighted by Gasteiger charge is -2.05. The Labute approximate surface area is 172 Å². The second-order valence-corrected chi connectivity index (χ2v) is 7.14. The molecule has 0 atom stereocenters. The van der Waals surface area contributed by atoms with E-state index in [1.54, 1.807) is 32.2 Å². The predicted octanol–water partition coefficient (Wildman–Crippen LogP) is 3.67. The molecule has 150 valence electrons. The van der Waals surface area contributed by atoms with Gasteiger partial charge in [0, 0.05) is 19.7 Å². The molecule has 3 rings (SSSR count). The Morgan fingerprint density at radius 3 is 2.69 bits per heavy atom. The first-order chi connectivity index (χ1) is 14.1. The van der Waals surface area contributed by atoms with Gasteiger partial charge in [0.1, 0.15) is 0 Å². The van der Waals surface area contributed by atoms with Crippen molar-refractivity contribution in [2.24, 2.45) is 4.99 Å². The van der Waals surface area contributed by atoms with Crippen molar-refractivity contribution in [3.8, 4) is 0 Å². The molecule has 0 fully saturated rings. The van der Waals surface area contributed by atoms with Gasteiger partial charge in [0.15, 0.2) is 4.80 Å². The van der Waals surface area contributed by atoms with Crippen LogP contribution >= 0.6 is 11.3 Å². The summed E-state index contributed by atoms with van der Waals surface area (Å²) in [5.41, 5.74) is 2.29. The van der Waals surface area contributed by atoms with E-state index in [0.29, 0.717) is 30.1 Å². The zero-order chi connectivity index (χ0) is 20.6. The van der Waals surface area contributed by atoms with Crippen LogP contribution in [0, 0.1) is 0 Å². The minimum Gasteiger partial charge on any atom is -0.462 e. The molecule has 7 heteroatoms. The lowest BCUT2D eigenvalue weighted by Crippen LogP contribution is -2.18. The molecule has 0 aliphatic rings. The van der Waals surface area contributed by atoms with Gasteiger partial charge in [0.25, 0.3) is 5.91 Å². The number of hydrogen-bond acceptors (Lipinski definition) is 5. The largest absolute Gasteiger partial charge is 0.462 e. The van der Waals surface area contributed by atoms with Crippen molar-refractivity contribution in [2.75, 3.05) is 20.3 Å². The molecule has 0 saturated carbocycles. The van der Waals surface area contributed by atoms with Crippen LogP contribution in [0.3, 0.4) is 0 Å². The summed E-state index contributed by atoms with van der Waals surface area (Å²) in [6, 6.07) is 14.9. The molecular weight excluding hydrogens is 388 g/mol. The van der Waals surface area contributed by atoms with Gasteiger partial charge in [-0.15, -0.1) is 0 Å². The van der Waals surface area contributed by atoms with E-state index < -0.39 is 0 Å². The first-order valence-corrected chi connectivity index (χ1v) is 10.0. The van der Waals surface area contributed by atoms with Gasteiger partial charge in [0.05, 0.1) is 29.0 Å². The van der Waals surface area contributed by atoms with Crippen LogP contribution < -0.4 is 4.80 Å². The summed E-state index contributed by atoms with van der Waals surface area (Å²) >= 11 is 1.35. The molecule has 1 aromatic heterocycles. The van der Waals surface area contributed by atoms with Crippen LogP contribution in [-0.4, -0.2) is 36.8 Å². The fourth-order valence-electron chi connectivity index (χ4n) is 2.76. The minimum absolute atomic E-state index is 0.317. The fraction of sp³-hybridized carbons (Fsp3) is 0.227. The quantitative estimate of drug-likeness (QED) is 0.440. The lowest BCUT2D eigenvalue weighted by atomic mass is 10.2. The molecular formula is C22H22N2O4S. The van der Waals surface area contributed by atoms with E-state index in [9.17, 15) is 9.59 Å². The predicted molar refractivity (Wildman–Crippen MR) is 114 cm³/mol. The zero-order valence-electron chi connectivity index (χ0n) is 16.3. The summed E-state index contributed by atoms with van der Waals surface area (Å²) in [5, 5.41) is 0. The fourth-order valence-corrected chi connectivity index (χ4v) is 3.86. The highest BCUT2D eigenvalue weighted by Gasteiger charge is 2.12. The molecule has 0 spiro atoms. The smallest absolute Gasteiger partial charge is 0.338 e. The van der Waals surface area contributed by atoms with E-state index in [0.717, 1.165) is 15.8 Å². The number of fused-ring (bicyclic) bond motifs is 1. The summed E-state index contributed by atoms with van der Waals surface area (Å²) < 4.78 is 13.0. The third-order valence-corrected chi connectivity index (χ3v) is 5.18. The van der Waals surface area contributed by atoms with E-state index >= 15 is 0 Å². The minimum atomic E-state index is -0.369. The maximum Gasteiger partial charge on any atom is 0.338 e. The number of hydrogen-bond donors (Lipinski definition) is 0. The maximum atomic E-state index is 12.4. The molecule has 0 N–H and O–H groups in total. The van der Waals surface area contributed by atoms with Crippen LogP contribution in [0.2, 0.25) is 0 Å². The van der Waals surface area contributed by atoms with Crippen LogP contribution in [0.5, 0.6) is 0 Å². The normalized spacial score (nSPS) is 12.0. The SMILES string of the molecule is CCOC(=O)c1ccc2c(c1)sc(=NC(=O)C=Cc1ccccc1)n2CCOC. The van der Waals surface area contributed by atoms with Gasteiger partial charge in [-0.05, 0) is 36.8 Å². The van der Waals surface area contributed by atoms with Gasteiger partial charge >= 0.3 is 5.97 Å². The number of carbonyl (C=O) groups excluding carboxylic acids is 2. The monoisotopic (exact) mass is 410 g/mol. The van der Waals surface area contributed by atoms with Crippen molar-refractivity contribution in [1.82, 2.24) is 4.57 Å².